The second-order valence-corrected chi connectivity index (χ2v) is 12.0. The predicted octanol–water partition coefficient (Wildman–Crippen LogP) is 2.52. The third-order valence-corrected chi connectivity index (χ3v) is 10.3. The third kappa shape index (κ3) is 3.12. The highest BCUT2D eigenvalue weighted by Gasteiger charge is 2.54. The van der Waals surface area contributed by atoms with Crippen LogP contribution in [0.5, 0.6) is 0 Å². The zero-order valence-electron chi connectivity index (χ0n) is 16.6. The molecule has 0 amide bonds. The number of piperidine rings is 1. The lowest BCUT2D eigenvalue weighted by Gasteiger charge is -2.31. The minimum atomic E-state index is -4.51. The largest absolute Gasteiger partial charge is 0.327 e. The zero-order chi connectivity index (χ0) is 22.0. The van der Waals surface area contributed by atoms with Crippen LogP contribution in [0.15, 0.2) is 64.5 Å². The molecular weight excluding hydrogens is 441 g/mol. The molecule has 1 aliphatic carbocycles. The summed E-state index contributed by atoms with van der Waals surface area (Å²) in [7, 11) is -8.65. The van der Waals surface area contributed by atoms with E-state index in [0.717, 1.165) is 22.5 Å². The van der Waals surface area contributed by atoms with Gasteiger partial charge in [0.05, 0.1) is 5.52 Å². The molecule has 1 saturated carbocycles. The predicted molar refractivity (Wildman–Crippen MR) is 114 cm³/mol. The van der Waals surface area contributed by atoms with Crippen LogP contribution in [-0.2, 0) is 20.0 Å². The Bertz CT molecular complexity index is 1390. The number of aromatic nitrogens is 1. The van der Waals surface area contributed by atoms with Gasteiger partial charge in [-0.15, -0.1) is 0 Å². The van der Waals surface area contributed by atoms with Gasteiger partial charge >= 0.3 is 0 Å². The van der Waals surface area contributed by atoms with Crippen molar-refractivity contribution >= 4 is 30.9 Å². The van der Waals surface area contributed by atoms with Gasteiger partial charge in [0, 0.05) is 24.5 Å². The number of nitrogens with zero attached hydrogens (tertiary/aromatic N) is 2. The highest BCUT2D eigenvalue weighted by atomic mass is 32.2. The van der Waals surface area contributed by atoms with E-state index >= 15 is 0 Å². The molecule has 2 aromatic carbocycles. The van der Waals surface area contributed by atoms with Crippen molar-refractivity contribution in [2.24, 2.45) is 11.1 Å². The Morgan fingerprint density at radius 3 is 2.19 bits per heavy atom. The molecule has 1 aromatic heterocycles. The van der Waals surface area contributed by atoms with E-state index < -0.39 is 30.8 Å². The minimum absolute atomic E-state index is 0.0119. The van der Waals surface area contributed by atoms with Crippen LogP contribution in [0.4, 0.5) is 4.39 Å². The van der Waals surface area contributed by atoms with E-state index in [1.807, 2.05) is 0 Å². The van der Waals surface area contributed by atoms with E-state index in [0.29, 0.717) is 18.2 Å². The lowest BCUT2D eigenvalue weighted by Crippen LogP contribution is -2.41. The van der Waals surface area contributed by atoms with Crippen LogP contribution < -0.4 is 5.73 Å². The van der Waals surface area contributed by atoms with Gasteiger partial charge in [0.15, 0.2) is 5.03 Å². The number of sulfonamides is 1. The normalized spacial score (nSPS) is 21.5. The highest BCUT2D eigenvalue weighted by Crippen LogP contribution is 2.53. The van der Waals surface area contributed by atoms with Crippen molar-refractivity contribution in [3.05, 3.63) is 60.4 Å². The van der Waals surface area contributed by atoms with Crippen LogP contribution in [0, 0.1) is 11.2 Å². The first-order valence-corrected chi connectivity index (χ1v) is 12.9. The van der Waals surface area contributed by atoms with Gasteiger partial charge < -0.3 is 5.73 Å². The van der Waals surface area contributed by atoms with Gasteiger partial charge in [0.1, 0.15) is 10.7 Å². The Morgan fingerprint density at radius 2 is 1.55 bits per heavy atom. The highest BCUT2D eigenvalue weighted by molar-refractivity contribution is 7.92. The number of halogens is 1. The van der Waals surface area contributed by atoms with Crippen molar-refractivity contribution in [3.8, 4) is 0 Å². The molecule has 0 unspecified atom stereocenters. The topological polar surface area (TPSA) is 102 Å². The average Bonchev–Trinajstić information content (AvgIpc) is 3.18. The third-order valence-electron chi connectivity index (χ3n) is 6.56. The SMILES string of the molecule is N[C@H]1CC12CCN(S(=O)(=O)c1cc3ccccc3n1S(=O)(=O)c1ccccc1F)CC2. The van der Waals surface area contributed by atoms with Crippen LogP contribution in [0.3, 0.4) is 0 Å². The molecule has 3 aromatic rings. The molecule has 2 fully saturated rings. The van der Waals surface area contributed by atoms with Crippen LogP contribution in [0.25, 0.3) is 10.9 Å². The van der Waals surface area contributed by atoms with Crippen molar-refractivity contribution in [3.63, 3.8) is 0 Å². The first-order chi connectivity index (χ1) is 14.7. The van der Waals surface area contributed by atoms with E-state index in [9.17, 15) is 21.2 Å². The fourth-order valence-corrected chi connectivity index (χ4v) is 8.11. The van der Waals surface area contributed by atoms with Crippen LogP contribution in [-0.4, -0.2) is 44.2 Å². The van der Waals surface area contributed by atoms with Crippen LogP contribution >= 0.6 is 0 Å². The molecule has 1 aliphatic heterocycles. The number of rotatable bonds is 4. The van der Waals surface area contributed by atoms with Crippen LogP contribution in [0.2, 0.25) is 0 Å². The molecule has 1 saturated heterocycles. The Balaban J connectivity index is 1.66. The first-order valence-electron chi connectivity index (χ1n) is 10.0. The summed E-state index contributed by atoms with van der Waals surface area (Å²) in [6.45, 7) is 0.550. The Labute approximate surface area is 180 Å². The lowest BCUT2D eigenvalue weighted by molar-refractivity contribution is 0.251. The molecule has 10 heteroatoms. The van der Waals surface area contributed by atoms with Gasteiger partial charge in [0.25, 0.3) is 20.0 Å². The zero-order valence-corrected chi connectivity index (χ0v) is 18.2. The standard InChI is InChI=1S/C21H22FN3O4S2/c22-16-6-2-4-8-18(16)30(26,27)25-17-7-3-1-5-15(17)13-20(25)31(28,29)24-11-9-21(10-12-24)14-19(21)23/h1-8,13,19H,9-12,14,23H2/t19-/m0/s1. The van der Waals surface area contributed by atoms with Gasteiger partial charge in [0.2, 0.25) is 0 Å². The first kappa shape index (κ1) is 20.6. The fraction of sp³-hybridized carbons (Fsp3) is 0.333. The smallest absolute Gasteiger partial charge is 0.272 e. The van der Waals surface area contributed by atoms with Gasteiger partial charge in [-0.2, -0.15) is 4.31 Å². The molecule has 2 N–H and O–H groups in total. The van der Waals surface area contributed by atoms with E-state index in [-0.39, 0.29) is 35.1 Å². The minimum Gasteiger partial charge on any atom is -0.327 e. The summed E-state index contributed by atoms with van der Waals surface area (Å²) in [6, 6.07) is 12.9. The van der Waals surface area contributed by atoms with E-state index in [1.54, 1.807) is 18.2 Å². The summed E-state index contributed by atoms with van der Waals surface area (Å²) in [4.78, 5) is -0.575. The number of hydrogen-bond donors (Lipinski definition) is 1. The number of benzene rings is 2. The Kier molecular flexibility index (Phi) is 4.57. The second kappa shape index (κ2) is 6.86. The van der Waals surface area contributed by atoms with Crippen molar-refractivity contribution in [1.29, 1.82) is 0 Å². The summed E-state index contributed by atoms with van der Waals surface area (Å²) >= 11 is 0. The Hall–Kier alpha value is -2.27. The molecule has 2 heterocycles. The maximum absolute atomic E-state index is 14.4. The van der Waals surface area contributed by atoms with Crippen molar-refractivity contribution < 1.29 is 21.2 Å². The van der Waals surface area contributed by atoms with E-state index in [2.05, 4.69) is 0 Å². The lowest BCUT2D eigenvalue weighted by atomic mass is 9.94. The molecule has 31 heavy (non-hydrogen) atoms. The summed E-state index contributed by atoms with van der Waals surface area (Å²) in [5.41, 5.74) is 6.22. The van der Waals surface area contributed by atoms with Crippen molar-refractivity contribution in [2.75, 3.05) is 13.1 Å². The average molecular weight is 464 g/mol. The molecule has 2 aliphatic rings. The maximum atomic E-state index is 14.4. The van der Waals surface area contributed by atoms with E-state index in [1.165, 1.54) is 28.6 Å². The number of fused-ring (bicyclic) bond motifs is 1. The molecule has 164 valence electrons. The maximum Gasteiger partial charge on any atom is 0.272 e. The van der Waals surface area contributed by atoms with Gasteiger partial charge in [-0.1, -0.05) is 30.3 Å². The summed E-state index contributed by atoms with van der Waals surface area (Å²) < 4.78 is 70.5. The molecular formula is C21H22FN3O4S2. The molecule has 5 rings (SSSR count). The molecule has 7 nitrogen and oxygen atoms in total. The number of hydrogen-bond acceptors (Lipinski definition) is 5. The second-order valence-electron chi connectivity index (χ2n) is 8.32. The summed E-state index contributed by atoms with van der Waals surface area (Å²) in [6.07, 6.45) is 2.18. The van der Waals surface area contributed by atoms with E-state index in [4.69, 9.17) is 5.73 Å². The number of para-hydroxylation sites is 1. The molecule has 1 spiro atoms. The summed E-state index contributed by atoms with van der Waals surface area (Å²) in [5.74, 6) is -0.939. The van der Waals surface area contributed by atoms with Crippen molar-refractivity contribution in [2.45, 2.75) is 35.2 Å². The quantitative estimate of drug-likeness (QED) is 0.641. The van der Waals surface area contributed by atoms with Gasteiger partial charge in [-0.05, 0) is 48.9 Å². The molecule has 0 bridgehead atoms. The van der Waals surface area contributed by atoms with Crippen LogP contribution in [0.1, 0.15) is 19.3 Å². The van der Waals surface area contributed by atoms with Crippen molar-refractivity contribution in [1.82, 2.24) is 8.28 Å². The molecule has 0 radical (unpaired) electrons. The van der Waals surface area contributed by atoms with Gasteiger partial charge in [-0.3, -0.25) is 0 Å². The number of nitrogens with two attached hydrogens (primary N) is 1. The molecule has 1 atom stereocenters. The Morgan fingerprint density at radius 1 is 0.935 bits per heavy atom. The van der Waals surface area contributed by atoms with Gasteiger partial charge in [-0.25, -0.2) is 25.2 Å². The fourth-order valence-electron chi connectivity index (χ4n) is 4.54. The monoisotopic (exact) mass is 463 g/mol. The summed E-state index contributed by atoms with van der Waals surface area (Å²) in [5, 5.41) is 0.0617.